The first kappa shape index (κ1) is 15.3. The molecule has 0 aromatic heterocycles. The fraction of sp³-hybridized carbons (Fsp3) is 1.00. The van der Waals surface area contributed by atoms with Gasteiger partial charge in [0, 0.05) is 19.1 Å². The lowest BCUT2D eigenvalue weighted by atomic mass is 9.96. The van der Waals surface area contributed by atoms with E-state index in [9.17, 15) is 8.42 Å². The van der Waals surface area contributed by atoms with E-state index in [1.807, 2.05) is 0 Å². The van der Waals surface area contributed by atoms with E-state index in [0.29, 0.717) is 0 Å². The molecule has 112 valence electrons. The number of rotatable bonds is 4. The highest BCUT2D eigenvalue weighted by molar-refractivity contribution is 7.87. The average Bonchev–Trinajstić information content (AvgIpc) is 2.67. The monoisotopic (exact) mass is 288 g/mol. The first-order valence-electron chi connectivity index (χ1n) is 7.85. The molecule has 0 aromatic carbocycles. The molecule has 19 heavy (non-hydrogen) atoms. The van der Waals surface area contributed by atoms with Gasteiger partial charge >= 0.3 is 0 Å². The van der Waals surface area contributed by atoms with Crippen LogP contribution in [0.4, 0.5) is 0 Å². The van der Waals surface area contributed by atoms with E-state index in [4.69, 9.17) is 0 Å². The Morgan fingerprint density at radius 2 is 1.32 bits per heavy atom. The van der Waals surface area contributed by atoms with Crippen molar-refractivity contribution < 1.29 is 8.42 Å². The van der Waals surface area contributed by atoms with E-state index in [1.54, 1.807) is 11.4 Å². The van der Waals surface area contributed by atoms with Gasteiger partial charge in [0.2, 0.25) is 0 Å². The molecule has 0 amide bonds. The Bertz CT molecular complexity index is 356. The normalized spacial score (nSPS) is 24.5. The van der Waals surface area contributed by atoms with E-state index >= 15 is 0 Å². The number of nitrogens with one attached hydrogen (secondary N) is 1. The van der Waals surface area contributed by atoms with Gasteiger partial charge in [0.05, 0.1) is 0 Å². The molecule has 2 saturated carbocycles. The minimum atomic E-state index is -3.29. The van der Waals surface area contributed by atoms with Crippen LogP contribution in [-0.2, 0) is 10.2 Å². The Labute approximate surface area is 118 Å². The van der Waals surface area contributed by atoms with Crippen LogP contribution in [0.3, 0.4) is 0 Å². The first-order valence-corrected chi connectivity index (χ1v) is 9.29. The molecule has 5 heteroatoms. The zero-order valence-electron chi connectivity index (χ0n) is 12.1. The highest BCUT2D eigenvalue weighted by Gasteiger charge is 2.29. The van der Waals surface area contributed by atoms with Gasteiger partial charge in [-0.3, -0.25) is 0 Å². The molecule has 0 spiro atoms. The Kier molecular flexibility index (Phi) is 5.66. The maximum Gasteiger partial charge on any atom is 0.279 e. The predicted molar refractivity (Wildman–Crippen MR) is 78.2 cm³/mol. The van der Waals surface area contributed by atoms with Gasteiger partial charge in [-0.25, -0.2) is 0 Å². The molecule has 0 saturated heterocycles. The van der Waals surface area contributed by atoms with Crippen LogP contribution in [0, 0.1) is 0 Å². The summed E-state index contributed by atoms with van der Waals surface area (Å²) in [5, 5.41) is 0. The lowest BCUT2D eigenvalue weighted by molar-refractivity contribution is 0.280. The summed E-state index contributed by atoms with van der Waals surface area (Å²) < 4.78 is 29.4. The SMILES string of the molecule is CN(C1CCCCC1)S(=O)(=O)NC1CCCCCC1. The first-order chi connectivity index (χ1) is 9.09. The Morgan fingerprint density at radius 1 is 0.842 bits per heavy atom. The van der Waals surface area contributed by atoms with Crippen LogP contribution in [0.25, 0.3) is 0 Å². The summed E-state index contributed by atoms with van der Waals surface area (Å²) >= 11 is 0. The third-order valence-corrected chi connectivity index (χ3v) is 6.33. The molecule has 4 nitrogen and oxygen atoms in total. The second-order valence-corrected chi connectivity index (χ2v) is 7.88. The fourth-order valence-electron chi connectivity index (χ4n) is 3.33. The predicted octanol–water partition coefficient (Wildman–Crippen LogP) is 2.81. The van der Waals surface area contributed by atoms with Gasteiger partial charge in [0.1, 0.15) is 0 Å². The van der Waals surface area contributed by atoms with Crippen molar-refractivity contribution in [3.8, 4) is 0 Å². The average molecular weight is 288 g/mol. The van der Waals surface area contributed by atoms with Gasteiger partial charge in [-0.2, -0.15) is 17.4 Å². The Hall–Kier alpha value is -0.130. The molecule has 1 N–H and O–H groups in total. The molecule has 0 radical (unpaired) electrons. The van der Waals surface area contributed by atoms with Gasteiger partial charge in [0.25, 0.3) is 10.2 Å². The molecule has 2 aliphatic carbocycles. The smallest absolute Gasteiger partial charge is 0.199 e. The van der Waals surface area contributed by atoms with Crippen molar-refractivity contribution in [2.75, 3.05) is 7.05 Å². The molecule has 0 bridgehead atoms. The minimum absolute atomic E-state index is 0.151. The molecule has 0 atom stereocenters. The summed E-state index contributed by atoms with van der Waals surface area (Å²) in [6.45, 7) is 0. The molecule has 2 aliphatic rings. The quantitative estimate of drug-likeness (QED) is 0.809. The summed E-state index contributed by atoms with van der Waals surface area (Å²) in [5.74, 6) is 0. The van der Waals surface area contributed by atoms with E-state index in [0.717, 1.165) is 51.4 Å². The third-order valence-electron chi connectivity index (χ3n) is 4.64. The van der Waals surface area contributed by atoms with Crippen molar-refractivity contribution >= 4 is 10.2 Å². The fourth-order valence-corrected chi connectivity index (χ4v) is 4.76. The van der Waals surface area contributed by atoms with Crippen molar-refractivity contribution in [3.63, 3.8) is 0 Å². The summed E-state index contributed by atoms with van der Waals surface area (Å²) in [7, 11) is -1.55. The molecular weight excluding hydrogens is 260 g/mol. The highest BCUT2D eigenvalue weighted by Crippen LogP contribution is 2.24. The summed E-state index contributed by atoms with van der Waals surface area (Å²) in [5.41, 5.74) is 0. The molecular formula is C14H28N2O2S. The largest absolute Gasteiger partial charge is 0.279 e. The Balaban J connectivity index is 1.92. The Morgan fingerprint density at radius 3 is 1.89 bits per heavy atom. The van der Waals surface area contributed by atoms with Crippen LogP contribution in [0.5, 0.6) is 0 Å². The van der Waals surface area contributed by atoms with Crippen LogP contribution in [0.2, 0.25) is 0 Å². The van der Waals surface area contributed by atoms with Crippen molar-refractivity contribution in [2.24, 2.45) is 0 Å². The van der Waals surface area contributed by atoms with Crippen molar-refractivity contribution in [1.29, 1.82) is 0 Å². The second kappa shape index (κ2) is 7.04. The van der Waals surface area contributed by atoms with Crippen LogP contribution < -0.4 is 4.72 Å². The van der Waals surface area contributed by atoms with Crippen molar-refractivity contribution in [2.45, 2.75) is 82.7 Å². The van der Waals surface area contributed by atoms with Crippen LogP contribution in [0.15, 0.2) is 0 Å². The lowest BCUT2D eigenvalue weighted by Gasteiger charge is -2.31. The zero-order chi connectivity index (χ0) is 13.7. The maximum absolute atomic E-state index is 12.4. The maximum atomic E-state index is 12.4. The van der Waals surface area contributed by atoms with Gasteiger partial charge in [-0.1, -0.05) is 44.9 Å². The van der Waals surface area contributed by atoms with Gasteiger partial charge in [0.15, 0.2) is 0 Å². The standard InChI is InChI=1S/C14H28N2O2S/c1-16(14-11-7-4-8-12-14)19(17,18)15-13-9-5-2-3-6-10-13/h13-15H,2-12H2,1H3. The van der Waals surface area contributed by atoms with Crippen LogP contribution in [-0.4, -0.2) is 31.9 Å². The number of hydrogen-bond acceptors (Lipinski definition) is 2. The number of hydrogen-bond donors (Lipinski definition) is 1. The van der Waals surface area contributed by atoms with Crippen molar-refractivity contribution in [1.82, 2.24) is 9.03 Å². The minimum Gasteiger partial charge on any atom is -0.199 e. The molecule has 0 aliphatic heterocycles. The summed E-state index contributed by atoms with van der Waals surface area (Å²) in [4.78, 5) is 0. The topological polar surface area (TPSA) is 49.4 Å². The van der Waals surface area contributed by atoms with Crippen LogP contribution in [0.1, 0.15) is 70.6 Å². The van der Waals surface area contributed by atoms with E-state index in [2.05, 4.69) is 4.72 Å². The van der Waals surface area contributed by atoms with Gasteiger partial charge in [-0.05, 0) is 25.7 Å². The molecule has 2 rings (SSSR count). The third kappa shape index (κ3) is 4.43. The molecule has 2 fully saturated rings. The summed E-state index contributed by atoms with van der Waals surface area (Å²) in [6.07, 6.45) is 12.4. The van der Waals surface area contributed by atoms with Crippen molar-refractivity contribution in [3.05, 3.63) is 0 Å². The summed E-state index contributed by atoms with van der Waals surface area (Å²) in [6, 6.07) is 0.357. The highest BCUT2D eigenvalue weighted by atomic mass is 32.2. The van der Waals surface area contributed by atoms with Gasteiger partial charge in [-0.15, -0.1) is 0 Å². The molecule has 0 heterocycles. The van der Waals surface area contributed by atoms with E-state index < -0.39 is 10.2 Å². The molecule has 0 unspecified atom stereocenters. The molecule has 0 aromatic rings. The van der Waals surface area contributed by atoms with E-state index in [1.165, 1.54) is 19.3 Å². The number of nitrogens with zero attached hydrogens (tertiary/aromatic N) is 1. The van der Waals surface area contributed by atoms with Crippen LogP contribution >= 0.6 is 0 Å². The van der Waals surface area contributed by atoms with E-state index in [-0.39, 0.29) is 12.1 Å². The lowest BCUT2D eigenvalue weighted by Crippen LogP contribution is -2.48. The second-order valence-electron chi connectivity index (χ2n) is 6.12. The zero-order valence-corrected chi connectivity index (χ0v) is 12.9. The van der Waals surface area contributed by atoms with Gasteiger partial charge < -0.3 is 0 Å².